The number of hydrogen-bond acceptors (Lipinski definition) is 6. The molecule has 12 heteroatoms. The van der Waals surface area contributed by atoms with Gasteiger partial charge in [-0.15, -0.1) is 0 Å². The predicted octanol–water partition coefficient (Wildman–Crippen LogP) is 4.57. The third-order valence-electron chi connectivity index (χ3n) is 4.66. The van der Waals surface area contributed by atoms with Crippen molar-refractivity contribution in [2.75, 3.05) is 23.8 Å². The van der Waals surface area contributed by atoms with Crippen LogP contribution >= 0.6 is 0 Å². The zero-order valence-electron chi connectivity index (χ0n) is 17.1. The van der Waals surface area contributed by atoms with Crippen LogP contribution in [0, 0.1) is 18.6 Å². The van der Waals surface area contributed by atoms with Crippen LogP contribution in [-0.4, -0.2) is 37.8 Å². The number of anilines is 3. The Balaban J connectivity index is 1.78. The summed E-state index contributed by atoms with van der Waals surface area (Å²) in [6, 6.07) is 7.63. The van der Waals surface area contributed by atoms with Gasteiger partial charge in [-0.2, -0.15) is 23.1 Å². The monoisotopic (exact) mass is 464 g/mol. The molecule has 7 nitrogen and oxygen atoms in total. The molecule has 0 unspecified atom stereocenters. The molecule has 0 aliphatic rings. The van der Waals surface area contributed by atoms with E-state index in [0.717, 1.165) is 24.3 Å². The van der Waals surface area contributed by atoms with Crippen LogP contribution in [0.15, 0.2) is 42.5 Å². The molecule has 172 valence electrons. The van der Waals surface area contributed by atoms with Crippen LogP contribution < -0.4 is 10.6 Å². The topological polar surface area (TPSA) is 87.9 Å². The van der Waals surface area contributed by atoms with Gasteiger partial charge in [0.1, 0.15) is 28.8 Å². The highest BCUT2D eigenvalue weighted by Gasteiger charge is 2.30. The van der Waals surface area contributed by atoms with Gasteiger partial charge in [-0.25, -0.2) is 13.8 Å². The average molecular weight is 464 g/mol. The first-order valence-electron chi connectivity index (χ1n) is 9.68. The maximum atomic E-state index is 14.2. The van der Waals surface area contributed by atoms with E-state index < -0.39 is 23.4 Å². The summed E-state index contributed by atoms with van der Waals surface area (Å²) in [7, 11) is 0. The van der Waals surface area contributed by atoms with Crippen molar-refractivity contribution in [3.8, 4) is 5.95 Å². The molecule has 2 heterocycles. The van der Waals surface area contributed by atoms with Crippen LogP contribution in [0.2, 0.25) is 0 Å². The zero-order chi connectivity index (χ0) is 23.8. The number of aryl methyl sites for hydroxylation is 1. The standard InChI is InChI=1S/C21H17F5N6O/c1-11-28-19-15(23)8-13(22)9-16(19)32(11)20-30-17(27-6-7-33)10-18(31-20)29-14-4-2-12(3-5-14)21(24,25)26/h2-5,8-10,33H,6-7H2,1H3,(H2,27,29,30,31). The number of rotatable bonds is 6. The van der Waals surface area contributed by atoms with E-state index in [-0.39, 0.29) is 47.6 Å². The van der Waals surface area contributed by atoms with E-state index in [2.05, 4.69) is 25.6 Å². The molecule has 2 aromatic carbocycles. The maximum Gasteiger partial charge on any atom is 0.416 e. The second kappa shape index (κ2) is 8.62. The lowest BCUT2D eigenvalue weighted by atomic mass is 10.2. The van der Waals surface area contributed by atoms with Gasteiger partial charge in [-0.1, -0.05) is 0 Å². The van der Waals surface area contributed by atoms with Crippen LogP contribution in [0.1, 0.15) is 11.4 Å². The fourth-order valence-corrected chi connectivity index (χ4v) is 3.24. The van der Waals surface area contributed by atoms with Crippen molar-refractivity contribution in [1.82, 2.24) is 19.5 Å². The number of aromatic nitrogens is 4. The Hall–Kier alpha value is -3.80. The molecule has 4 rings (SSSR count). The highest BCUT2D eigenvalue weighted by atomic mass is 19.4. The lowest BCUT2D eigenvalue weighted by molar-refractivity contribution is -0.137. The molecule has 0 spiro atoms. The minimum Gasteiger partial charge on any atom is -0.395 e. The minimum atomic E-state index is -4.47. The fourth-order valence-electron chi connectivity index (χ4n) is 3.24. The Morgan fingerprint density at radius 2 is 1.67 bits per heavy atom. The highest BCUT2D eigenvalue weighted by Crippen LogP contribution is 2.31. The van der Waals surface area contributed by atoms with Crippen molar-refractivity contribution < 1.29 is 27.1 Å². The van der Waals surface area contributed by atoms with E-state index in [1.807, 2.05) is 0 Å². The van der Waals surface area contributed by atoms with E-state index in [4.69, 9.17) is 5.11 Å². The summed E-state index contributed by atoms with van der Waals surface area (Å²) in [6.07, 6.45) is -4.47. The lowest BCUT2D eigenvalue weighted by Crippen LogP contribution is -2.12. The number of fused-ring (bicyclic) bond motifs is 1. The second-order valence-electron chi connectivity index (χ2n) is 7.04. The number of imidazole rings is 1. The number of nitrogens with one attached hydrogen (secondary N) is 2. The van der Waals surface area contributed by atoms with Crippen molar-refractivity contribution in [3.63, 3.8) is 0 Å². The first-order chi connectivity index (χ1) is 15.7. The molecule has 0 aliphatic heterocycles. The van der Waals surface area contributed by atoms with E-state index >= 15 is 0 Å². The van der Waals surface area contributed by atoms with Gasteiger partial charge >= 0.3 is 6.18 Å². The summed E-state index contributed by atoms with van der Waals surface area (Å²) in [5.74, 6) is -0.894. The van der Waals surface area contributed by atoms with Crippen molar-refractivity contribution in [3.05, 3.63) is 65.5 Å². The number of hydrogen-bond donors (Lipinski definition) is 3. The number of benzene rings is 2. The Kier molecular flexibility index (Phi) is 5.85. The van der Waals surface area contributed by atoms with Crippen molar-refractivity contribution in [2.24, 2.45) is 0 Å². The Morgan fingerprint density at radius 1 is 0.970 bits per heavy atom. The van der Waals surface area contributed by atoms with E-state index in [1.165, 1.54) is 22.8 Å². The third kappa shape index (κ3) is 4.70. The third-order valence-corrected chi connectivity index (χ3v) is 4.66. The molecule has 4 aromatic rings. The minimum absolute atomic E-state index is 0.0114. The van der Waals surface area contributed by atoms with Crippen molar-refractivity contribution in [1.29, 1.82) is 0 Å². The molecule has 3 N–H and O–H groups in total. The molecule has 0 saturated carbocycles. The number of nitrogens with zero attached hydrogens (tertiary/aromatic N) is 4. The molecule has 0 saturated heterocycles. The highest BCUT2D eigenvalue weighted by molar-refractivity contribution is 5.78. The summed E-state index contributed by atoms with van der Waals surface area (Å²) in [6.45, 7) is 1.53. The lowest BCUT2D eigenvalue weighted by Gasteiger charge is -2.13. The van der Waals surface area contributed by atoms with Crippen LogP contribution in [0.5, 0.6) is 0 Å². The summed E-state index contributed by atoms with van der Waals surface area (Å²) in [5, 5.41) is 14.9. The number of halogens is 5. The summed E-state index contributed by atoms with van der Waals surface area (Å²) in [4.78, 5) is 12.8. The van der Waals surface area contributed by atoms with Gasteiger partial charge in [0.2, 0.25) is 5.95 Å². The molecular weight excluding hydrogens is 447 g/mol. The van der Waals surface area contributed by atoms with E-state index in [0.29, 0.717) is 5.69 Å². The molecule has 0 amide bonds. The van der Waals surface area contributed by atoms with Crippen LogP contribution in [0.4, 0.5) is 39.3 Å². The molecular formula is C21H17F5N6O. The van der Waals surface area contributed by atoms with Crippen LogP contribution in [0.25, 0.3) is 17.0 Å². The summed E-state index contributed by atoms with van der Waals surface area (Å²) in [5.41, 5.74) is -0.440. The van der Waals surface area contributed by atoms with Gasteiger partial charge in [0.25, 0.3) is 0 Å². The van der Waals surface area contributed by atoms with Gasteiger partial charge in [-0.3, -0.25) is 4.57 Å². The number of aliphatic hydroxyl groups excluding tert-OH is 1. The van der Waals surface area contributed by atoms with Crippen molar-refractivity contribution >= 4 is 28.4 Å². The van der Waals surface area contributed by atoms with E-state index in [1.54, 1.807) is 6.92 Å². The van der Waals surface area contributed by atoms with Gasteiger partial charge in [0, 0.05) is 30.4 Å². The number of aliphatic hydroxyl groups is 1. The summed E-state index contributed by atoms with van der Waals surface area (Å²) < 4.78 is 67.9. The zero-order valence-corrected chi connectivity index (χ0v) is 17.1. The van der Waals surface area contributed by atoms with E-state index in [9.17, 15) is 22.0 Å². The Morgan fingerprint density at radius 3 is 2.33 bits per heavy atom. The van der Waals surface area contributed by atoms with Gasteiger partial charge in [0.05, 0.1) is 17.7 Å². The molecule has 33 heavy (non-hydrogen) atoms. The average Bonchev–Trinajstić information content (AvgIpc) is 3.08. The first-order valence-corrected chi connectivity index (χ1v) is 9.68. The van der Waals surface area contributed by atoms with Crippen LogP contribution in [0.3, 0.4) is 0 Å². The van der Waals surface area contributed by atoms with Crippen molar-refractivity contribution in [2.45, 2.75) is 13.1 Å². The predicted molar refractivity (Wildman–Crippen MR) is 112 cm³/mol. The largest absolute Gasteiger partial charge is 0.416 e. The molecule has 0 radical (unpaired) electrons. The first kappa shape index (κ1) is 22.4. The molecule has 0 bridgehead atoms. The molecule has 0 aliphatic carbocycles. The molecule has 0 atom stereocenters. The fraction of sp³-hybridized carbons (Fsp3) is 0.190. The Bertz CT molecular complexity index is 1300. The molecule has 2 aromatic heterocycles. The normalized spacial score (nSPS) is 11.7. The maximum absolute atomic E-state index is 14.2. The van der Waals surface area contributed by atoms with Gasteiger partial charge < -0.3 is 15.7 Å². The quantitative estimate of drug-likeness (QED) is 0.363. The molecule has 0 fully saturated rings. The van der Waals surface area contributed by atoms with Crippen LogP contribution in [-0.2, 0) is 6.18 Å². The Labute approximate surface area is 183 Å². The number of alkyl halides is 3. The summed E-state index contributed by atoms with van der Waals surface area (Å²) >= 11 is 0. The smallest absolute Gasteiger partial charge is 0.395 e. The van der Waals surface area contributed by atoms with Gasteiger partial charge in [-0.05, 0) is 31.2 Å². The second-order valence-corrected chi connectivity index (χ2v) is 7.04. The van der Waals surface area contributed by atoms with Gasteiger partial charge in [0.15, 0.2) is 5.82 Å². The SMILES string of the molecule is Cc1nc2c(F)cc(F)cc2n1-c1nc(NCCO)cc(Nc2ccc(C(F)(F)F)cc2)n1.